The molecule has 0 heterocycles. The maximum Gasteiger partial charge on any atom is 0.123 e. The Labute approximate surface area is 100 Å². The van der Waals surface area contributed by atoms with Gasteiger partial charge in [-0.25, -0.2) is 0 Å². The third-order valence-corrected chi connectivity index (χ3v) is 3.34. The van der Waals surface area contributed by atoms with Crippen molar-refractivity contribution in [1.29, 1.82) is 0 Å². The number of phenolic OH excluding ortho intramolecular Hbond substituents is 1. The molecular formula is C16H14O. The summed E-state index contributed by atoms with van der Waals surface area (Å²) in [5, 5.41) is 14.4. The van der Waals surface area contributed by atoms with Crippen LogP contribution in [0.25, 0.3) is 21.5 Å². The number of aryl methyl sites for hydroxylation is 2. The summed E-state index contributed by atoms with van der Waals surface area (Å²) in [5.74, 6) is 0.355. The van der Waals surface area contributed by atoms with Gasteiger partial charge in [0.05, 0.1) is 0 Å². The van der Waals surface area contributed by atoms with Gasteiger partial charge < -0.3 is 5.11 Å². The fourth-order valence-electron chi connectivity index (χ4n) is 2.46. The molecule has 0 bridgehead atoms. The van der Waals surface area contributed by atoms with E-state index in [0.29, 0.717) is 5.75 Å². The van der Waals surface area contributed by atoms with Crippen LogP contribution >= 0.6 is 0 Å². The van der Waals surface area contributed by atoms with Crippen LogP contribution in [0.2, 0.25) is 0 Å². The first kappa shape index (κ1) is 10.2. The molecule has 0 aliphatic heterocycles. The summed E-state index contributed by atoms with van der Waals surface area (Å²) in [5.41, 5.74) is 2.46. The summed E-state index contributed by atoms with van der Waals surface area (Å²) in [4.78, 5) is 0. The van der Waals surface area contributed by atoms with E-state index in [-0.39, 0.29) is 0 Å². The Balaban J connectivity index is 2.59. The van der Waals surface area contributed by atoms with E-state index < -0.39 is 0 Å². The molecule has 0 radical (unpaired) electrons. The molecule has 0 spiro atoms. The molecule has 3 rings (SSSR count). The molecule has 0 atom stereocenters. The predicted molar refractivity (Wildman–Crippen MR) is 72.6 cm³/mol. The fourth-order valence-corrected chi connectivity index (χ4v) is 2.46. The second-order valence-corrected chi connectivity index (χ2v) is 4.61. The molecule has 17 heavy (non-hydrogen) atoms. The Morgan fingerprint density at radius 2 is 1.59 bits per heavy atom. The van der Waals surface area contributed by atoms with Crippen LogP contribution < -0.4 is 0 Å². The number of benzene rings is 3. The Morgan fingerprint density at radius 3 is 2.41 bits per heavy atom. The lowest BCUT2D eigenvalue weighted by atomic mass is 9.97. The average Bonchev–Trinajstić information content (AvgIpc) is 2.32. The summed E-state index contributed by atoms with van der Waals surface area (Å²) in [6, 6.07) is 14.2. The minimum absolute atomic E-state index is 0.355. The highest BCUT2D eigenvalue weighted by molar-refractivity contribution is 6.11. The summed E-state index contributed by atoms with van der Waals surface area (Å²) in [6.07, 6.45) is 0. The number of fused-ring (bicyclic) bond motifs is 3. The SMILES string of the molecule is Cc1ccc2c(ccc3c(O)ccc(C)c32)c1. The van der Waals surface area contributed by atoms with Crippen molar-refractivity contribution in [3.05, 3.63) is 53.6 Å². The highest BCUT2D eigenvalue weighted by atomic mass is 16.3. The van der Waals surface area contributed by atoms with Crippen LogP contribution in [-0.2, 0) is 0 Å². The van der Waals surface area contributed by atoms with Gasteiger partial charge in [0.25, 0.3) is 0 Å². The van der Waals surface area contributed by atoms with Crippen molar-refractivity contribution in [2.75, 3.05) is 0 Å². The van der Waals surface area contributed by atoms with Gasteiger partial charge in [-0.3, -0.25) is 0 Å². The van der Waals surface area contributed by atoms with Crippen LogP contribution in [0.3, 0.4) is 0 Å². The van der Waals surface area contributed by atoms with Gasteiger partial charge in [0, 0.05) is 5.39 Å². The second-order valence-electron chi connectivity index (χ2n) is 4.61. The van der Waals surface area contributed by atoms with Gasteiger partial charge in [-0.05, 0) is 41.6 Å². The fraction of sp³-hybridized carbons (Fsp3) is 0.125. The molecule has 0 unspecified atom stereocenters. The zero-order chi connectivity index (χ0) is 12.0. The molecule has 0 saturated carbocycles. The van der Waals surface area contributed by atoms with E-state index >= 15 is 0 Å². The molecule has 0 fully saturated rings. The van der Waals surface area contributed by atoms with Gasteiger partial charge >= 0.3 is 0 Å². The van der Waals surface area contributed by atoms with E-state index in [0.717, 1.165) is 10.8 Å². The Morgan fingerprint density at radius 1 is 0.824 bits per heavy atom. The van der Waals surface area contributed by atoms with Crippen LogP contribution in [0.15, 0.2) is 42.5 Å². The highest BCUT2D eigenvalue weighted by Crippen LogP contribution is 2.33. The van der Waals surface area contributed by atoms with Crippen molar-refractivity contribution in [1.82, 2.24) is 0 Å². The number of phenols is 1. The van der Waals surface area contributed by atoms with Crippen molar-refractivity contribution in [3.8, 4) is 5.75 Å². The molecule has 84 valence electrons. The van der Waals surface area contributed by atoms with Crippen LogP contribution in [0.4, 0.5) is 0 Å². The molecule has 0 saturated heterocycles. The molecule has 0 aliphatic carbocycles. The van der Waals surface area contributed by atoms with E-state index in [1.54, 1.807) is 6.07 Å². The van der Waals surface area contributed by atoms with Crippen molar-refractivity contribution in [3.63, 3.8) is 0 Å². The smallest absolute Gasteiger partial charge is 0.123 e. The number of aromatic hydroxyl groups is 1. The standard InChI is InChI=1S/C16H14O/c1-10-3-6-13-12(9-10)5-7-14-15(17)8-4-11(2)16(13)14/h3-9,17H,1-2H3. The normalized spacial score (nSPS) is 11.2. The van der Waals surface area contributed by atoms with E-state index in [1.165, 1.54) is 21.9 Å². The van der Waals surface area contributed by atoms with E-state index in [4.69, 9.17) is 0 Å². The zero-order valence-electron chi connectivity index (χ0n) is 9.99. The summed E-state index contributed by atoms with van der Waals surface area (Å²) < 4.78 is 0. The lowest BCUT2D eigenvalue weighted by molar-refractivity contribution is 0.481. The Hall–Kier alpha value is -2.02. The van der Waals surface area contributed by atoms with Crippen LogP contribution in [-0.4, -0.2) is 5.11 Å². The number of hydrogen-bond acceptors (Lipinski definition) is 1. The van der Waals surface area contributed by atoms with E-state index in [2.05, 4.69) is 38.1 Å². The minimum atomic E-state index is 0.355. The van der Waals surface area contributed by atoms with Gasteiger partial charge in [0.1, 0.15) is 5.75 Å². The maximum atomic E-state index is 9.91. The van der Waals surface area contributed by atoms with Crippen LogP contribution in [0.5, 0.6) is 5.75 Å². The van der Waals surface area contributed by atoms with Gasteiger partial charge in [0.2, 0.25) is 0 Å². The lowest BCUT2D eigenvalue weighted by Crippen LogP contribution is -1.83. The van der Waals surface area contributed by atoms with E-state index in [1.807, 2.05) is 12.1 Å². The largest absolute Gasteiger partial charge is 0.507 e. The first-order chi connectivity index (χ1) is 8.16. The summed E-state index contributed by atoms with van der Waals surface area (Å²) >= 11 is 0. The van der Waals surface area contributed by atoms with Crippen molar-refractivity contribution < 1.29 is 5.11 Å². The van der Waals surface area contributed by atoms with Crippen molar-refractivity contribution in [2.45, 2.75) is 13.8 Å². The lowest BCUT2D eigenvalue weighted by Gasteiger charge is -2.09. The summed E-state index contributed by atoms with van der Waals surface area (Å²) in [6.45, 7) is 4.18. The predicted octanol–water partition coefficient (Wildman–Crippen LogP) is 4.32. The molecule has 1 nitrogen and oxygen atoms in total. The minimum Gasteiger partial charge on any atom is -0.507 e. The highest BCUT2D eigenvalue weighted by Gasteiger charge is 2.06. The van der Waals surface area contributed by atoms with Crippen LogP contribution in [0.1, 0.15) is 11.1 Å². The molecule has 0 aliphatic rings. The van der Waals surface area contributed by atoms with Crippen molar-refractivity contribution in [2.24, 2.45) is 0 Å². The van der Waals surface area contributed by atoms with Gasteiger partial charge in [-0.15, -0.1) is 0 Å². The second kappa shape index (κ2) is 3.49. The quantitative estimate of drug-likeness (QED) is 0.562. The first-order valence-electron chi connectivity index (χ1n) is 5.78. The summed E-state index contributed by atoms with van der Waals surface area (Å²) in [7, 11) is 0. The van der Waals surface area contributed by atoms with Gasteiger partial charge in [-0.2, -0.15) is 0 Å². The topological polar surface area (TPSA) is 20.2 Å². The monoisotopic (exact) mass is 222 g/mol. The zero-order valence-corrected chi connectivity index (χ0v) is 9.99. The Bertz CT molecular complexity index is 726. The Kier molecular flexibility index (Phi) is 2.08. The van der Waals surface area contributed by atoms with Gasteiger partial charge in [-0.1, -0.05) is 42.0 Å². The van der Waals surface area contributed by atoms with Gasteiger partial charge in [0.15, 0.2) is 0 Å². The first-order valence-corrected chi connectivity index (χ1v) is 5.78. The number of rotatable bonds is 0. The third kappa shape index (κ3) is 1.47. The third-order valence-electron chi connectivity index (χ3n) is 3.34. The average molecular weight is 222 g/mol. The molecule has 3 aromatic carbocycles. The molecule has 1 N–H and O–H groups in total. The van der Waals surface area contributed by atoms with Crippen LogP contribution in [0, 0.1) is 13.8 Å². The maximum absolute atomic E-state index is 9.91. The molecule has 1 heteroatoms. The van der Waals surface area contributed by atoms with E-state index in [9.17, 15) is 5.11 Å². The molecular weight excluding hydrogens is 208 g/mol. The number of hydrogen-bond donors (Lipinski definition) is 1. The molecule has 3 aromatic rings. The van der Waals surface area contributed by atoms with Crippen molar-refractivity contribution >= 4 is 21.5 Å². The molecule has 0 aromatic heterocycles. The molecule has 0 amide bonds.